The number of aliphatic hydroxyl groups is 1. The second kappa shape index (κ2) is 6.95. The third-order valence-electron chi connectivity index (χ3n) is 3.85. The summed E-state index contributed by atoms with van der Waals surface area (Å²) >= 11 is 5.80. The second-order valence-electron chi connectivity index (χ2n) is 5.60. The Morgan fingerprint density at radius 2 is 1.96 bits per heavy atom. The van der Waals surface area contributed by atoms with Gasteiger partial charge in [0, 0.05) is 36.0 Å². The van der Waals surface area contributed by atoms with Crippen molar-refractivity contribution in [1.29, 1.82) is 0 Å². The lowest BCUT2D eigenvalue weighted by Gasteiger charge is -2.13. The Bertz CT molecular complexity index is 858. The molecule has 124 valence electrons. The van der Waals surface area contributed by atoms with E-state index in [2.05, 4.69) is 10.6 Å². The standard InChI is InChI=1S/C18H18ClN3O2/c1-22-9-8-12-10-13(2-7-16(12)22)17(23)11-20-18(24)21-15-5-3-14(19)4-6-15/h2-10,17,23H,11H2,1H3,(H2,20,21,24). The number of amides is 2. The number of carbonyl (C=O) groups is 1. The van der Waals surface area contributed by atoms with Crippen molar-refractivity contribution in [2.24, 2.45) is 7.05 Å². The second-order valence-corrected chi connectivity index (χ2v) is 6.04. The van der Waals surface area contributed by atoms with Crippen molar-refractivity contribution in [3.05, 3.63) is 65.3 Å². The zero-order valence-electron chi connectivity index (χ0n) is 13.2. The topological polar surface area (TPSA) is 66.3 Å². The minimum atomic E-state index is -0.773. The molecule has 1 heterocycles. The van der Waals surface area contributed by atoms with Crippen LogP contribution < -0.4 is 10.6 Å². The predicted molar refractivity (Wildman–Crippen MR) is 96.4 cm³/mol. The van der Waals surface area contributed by atoms with Gasteiger partial charge in [-0.2, -0.15) is 0 Å². The maximum absolute atomic E-state index is 11.9. The number of rotatable bonds is 4. The van der Waals surface area contributed by atoms with Gasteiger partial charge in [-0.3, -0.25) is 0 Å². The summed E-state index contributed by atoms with van der Waals surface area (Å²) in [5.74, 6) is 0. The highest BCUT2D eigenvalue weighted by Gasteiger charge is 2.11. The van der Waals surface area contributed by atoms with Crippen LogP contribution in [-0.4, -0.2) is 22.2 Å². The van der Waals surface area contributed by atoms with Gasteiger partial charge < -0.3 is 20.3 Å². The summed E-state index contributed by atoms with van der Waals surface area (Å²) in [6.45, 7) is 0.123. The third kappa shape index (κ3) is 3.69. The minimum absolute atomic E-state index is 0.123. The molecule has 0 bridgehead atoms. The Morgan fingerprint density at radius 1 is 1.21 bits per heavy atom. The van der Waals surface area contributed by atoms with Gasteiger partial charge in [0.15, 0.2) is 0 Å². The quantitative estimate of drug-likeness (QED) is 0.676. The molecule has 0 saturated carbocycles. The molecule has 0 spiro atoms. The van der Waals surface area contributed by atoms with E-state index in [9.17, 15) is 9.90 Å². The molecule has 3 aromatic rings. The number of halogens is 1. The van der Waals surface area contributed by atoms with Crippen LogP contribution >= 0.6 is 11.6 Å². The molecule has 1 aromatic heterocycles. The van der Waals surface area contributed by atoms with Gasteiger partial charge in [-0.1, -0.05) is 17.7 Å². The van der Waals surface area contributed by atoms with Crippen molar-refractivity contribution < 1.29 is 9.90 Å². The van der Waals surface area contributed by atoms with E-state index in [-0.39, 0.29) is 12.6 Å². The number of aliphatic hydroxyl groups excluding tert-OH is 1. The Kier molecular flexibility index (Phi) is 4.74. The van der Waals surface area contributed by atoms with E-state index in [0.717, 1.165) is 16.5 Å². The number of carbonyl (C=O) groups excluding carboxylic acids is 1. The van der Waals surface area contributed by atoms with Crippen molar-refractivity contribution in [3.63, 3.8) is 0 Å². The van der Waals surface area contributed by atoms with Crippen molar-refractivity contribution >= 4 is 34.2 Å². The van der Waals surface area contributed by atoms with Crippen LogP contribution in [0.1, 0.15) is 11.7 Å². The van der Waals surface area contributed by atoms with Crippen molar-refractivity contribution in [2.45, 2.75) is 6.10 Å². The lowest BCUT2D eigenvalue weighted by atomic mass is 10.1. The Labute approximate surface area is 144 Å². The average molecular weight is 344 g/mol. The maximum Gasteiger partial charge on any atom is 0.319 e. The van der Waals surface area contributed by atoms with Gasteiger partial charge >= 0.3 is 6.03 Å². The maximum atomic E-state index is 11.9. The number of fused-ring (bicyclic) bond motifs is 1. The lowest BCUT2D eigenvalue weighted by molar-refractivity contribution is 0.175. The van der Waals surface area contributed by atoms with E-state index in [4.69, 9.17) is 11.6 Å². The Hall–Kier alpha value is -2.50. The summed E-state index contributed by atoms with van der Waals surface area (Å²) in [6.07, 6.45) is 1.20. The van der Waals surface area contributed by atoms with Crippen LogP contribution in [-0.2, 0) is 7.05 Å². The molecule has 0 aliphatic heterocycles. The van der Waals surface area contributed by atoms with Gasteiger partial charge in [-0.15, -0.1) is 0 Å². The first-order chi connectivity index (χ1) is 11.5. The predicted octanol–water partition coefficient (Wildman–Crippen LogP) is 3.69. The fourth-order valence-corrected chi connectivity index (χ4v) is 2.65. The van der Waals surface area contributed by atoms with Gasteiger partial charge in [0.05, 0.1) is 6.10 Å². The van der Waals surface area contributed by atoms with Crippen molar-refractivity contribution in [3.8, 4) is 0 Å². The first-order valence-corrected chi connectivity index (χ1v) is 7.94. The smallest absolute Gasteiger partial charge is 0.319 e. The largest absolute Gasteiger partial charge is 0.387 e. The van der Waals surface area contributed by atoms with Crippen LogP contribution in [0.3, 0.4) is 0 Å². The van der Waals surface area contributed by atoms with Crippen LogP contribution in [0, 0.1) is 0 Å². The van der Waals surface area contributed by atoms with Crippen molar-refractivity contribution in [1.82, 2.24) is 9.88 Å². The van der Waals surface area contributed by atoms with Crippen LogP contribution in [0.25, 0.3) is 10.9 Å². The highest BCUT2D eigenvalue weighted by Crippen LogP contribution is 2.21. The van der Waals surface area contributed by atoms with E-state index in [0.29, 0.717) is 10.7 Å². The highest BCUT2D eigenvalue weighted by molar-refractivity contribution is 6.30. The zero-order chi connectivity index (χ0) is 17.1. The van der Waals surface area contributed by atoms with E-state index in [1.807, 2.05) is 42.1 Å². The van der Waals surface area contributed by atoms with Crippen LogP contribution in [0.15, 0.2) is 54.7 Å². The first-order valence-electron chi connectivity index (χ1n) is 7.56. The third-order valence-corrected chi connectivity index (χ3v) is 4.10. The molecule has 0 fully saturated rings. The number of aromatic nitrogens is 1. The van der Waals surface area contributed by atoms with Crippen molar-refractivity contribution in [2.75, 3.05) is 11.9 Å². The summed E-state index contributed by atoms with van der Waals surface area (Å²) in [4.78, 5) is 11.9. The fourth-order valence-electron chi connectivity index (χ4n) is 2.52. The summed E-state index contributed by atoms with van der Waals surface area (Å²) < 4.78 is 2.02. The summed E-state index contributed by atoms with van der Waals surface area (Å²) in [6, 6.07) is 14.2. The van der Waals surface area contributed by atoms with Crippen LogP contribution in [0.2, 0.25) is 5.02 Å². The number of hydrogen-bond donors (Lipinski definition) is 3. The Morgan fingerprint density at radius 3 is 2.71 bits per heavy atom. The highest BCUT2D eigenvalue weighted by atomic mass is 35.5. The van der Waals surface area contributed by atoms with E-state index >= 15 is 0 Å². The molecule has 2 aromatic carbocycles. The Balaban J connectivity index is 1.58. The molecule has 0 aliphatic carbocycles. The molecule has 0 radical (unpaired) electrons. The van der Waals surface area contributed by atoms with Gasteiger partial charge in [0.1, 0.15) is 0 Å². The van der Waals surface area contributed by atoms with Crippen LogP contribution in [0.5, 0.6) is 0 Å². The summed E-state index contributed by atoms with van der Waals surface area (Å²) in [7, 11) is 1.97. The molecule has 2 amide bonds. The summed E-state index contributed by atoms with van der Waals surface area (Å²) in [5, 5.41) is 17.3. The van der Waals surface area contributed by atoms with Gasteiger partial charge in [0.2, 0.25) is 0 Å². The molecule has 1 unspecified atom stereocenters. The molecular weight excluding hydrogens is 326 g/mol. The van der Waals surface area contributed by atoms with Gasteiger partial charge in [-0.05, 0) is 53.4 Å². The SMILES string of the molecule is Cn1ccc2cc(C(O)CNC(=O)Nc3ccc(Cl)cc3)ccc21. The number of hydrogen-bond acceptors (Lipinski definition) is 2. The number of urea groups is 1. The van der Waals surface area contributed by atoms with E-state index < -0.39 is 6.10 Å². The molecule has 5 nitrogen and oxygen atoms in total. The average Bonchev–Trinajstić information content (AvgIpc) is 2.95. The molecule has 0 saturated heterocycles. The van der Waals surface area contributed by atoms with E-state index in [1.54, 1.807) is 24.3 Å². The fraction of sp³-hybridized carbons (Fsp3) is 0.167. The van der Waals surface area contributed by atoms with Gasteiger partial charge in [-0.25, -0.2) is 4.79 Å². The molecule has 3 rings (SSSR count). The monoisotopic (exact) mass is 343 g/mol. The number of nitrogens with one attached hydrogen (secondary N) is 2. The number of aryl methyl sites for hydroxylation is 1. The summed E-state index contributed by atoms with van der Waals surface area (Å²) in [5.41, 5.74) is 2.50. The van der Waals surface area contributed by atoms with Crippen LogP contribution in [0.4, 0.5) is 10.5 Å². The number of benzene rings is 2. The lowest BCUT2D eigenvalue weighted by Crippen LogP contribution is -2.32. The molecule has 0 aliphatic rings. The number of nitrogens with zero attached hydrogens (tertiary/aromatic N) is 1. The molecule has 1 atom stereocenters. The molecule has 24 heavy (non-hydrogen) atoms. The van der Waals surface area contributed by atoms with E-state index in [1.165, 1.54) is 0 Å². The first kappa shape index (κ1) is 16.4. The number of anilines is 1. The molecule has 6 heteroatoms. The normalized spacial score (nSPS) is 12.1. The van der Waals surface area contributed by atoms with Gasteiger partial charge in [0.25, 0.3) is 0 Å². The minimum Gasteiger partial charge on any atom is -0.387 e. The zero-order valence-corrected chi connectivity index (χ0v) is 13.9. The molecule has 3 N–H and O–H groups in total. The molecular formula is C18H18ClN3O2.